The van der Waals surface area contributed by atoms with Crippen LogP contribution in [0.15, 0.2) is 24.8 Å². The predicted octanol–water partition coefficient (Wildman–Crippen LogP) is 0.774. The van der Waals surface area contributed by atoms with Crippen LogP contribution >= 0.6 is 11.6 Å². The van der Waals surface area contributed by atoms with Crippen LogP contribution in [0.3, 0.4) is 0 Å². The summed E-state index contributed by atoms with van der Waals surface area (Å²) in [5, 5.41) is 4.58. The van der Waals surface area contributed by atoms with Gasteiger partial charge in [0, 0.05) is 18.9 Å². The Morgan fingerprint density at radius 3 is 2.79 bits per heavy atom. The topological polar surface area (TPSA) is 69.6 Å². The first kappa shape index (κ1) is 9.11. The van der Waals surface area contributed by atoms with Crippen molar-refractivity contribution in [3.05, 3.63) is 35.5 Å². The maximum atomic E-state index is 5.74. The third-order valence-corrected chi connectivity index (χ3v) is 1.91. The molecule has 0 saturated carbocycles. The van der Waals surface area contributed by atoms with E-state index in [9.17, 15) is 0 Å². The minimum Gasteiger partial charge on any atom is -0.325 e. The Morgan fingerprint density at radius 1 is 1.36 bits per heavy atom. The molecule has 0 aliphatic rings. The summed E-state index contributed by atoms with van der Waals surface area (Å²) < 4.78 is 1.55. The smallest absolute Gasteiger partial charge is 0.176 e. The molecule has 0 atom stereocenters. The zero-order chi connectivity index (χ0) is 9.97. The van der Waals surface area contributed by atoms with Gasteiger partial charge in [-0.2, -0.15) is 5.10 Å². The largest absolute Gasteiger partial charge is 0.325 e. The molecule has 2 rings (SSSR count). The van der Waals surface area contributed by atoms with Crippen molar-refractivity contribution in [1.29, 1.82) is 0 Å². The molecule has 5 nitrogen and oxygen atoms in total. The molecule has 0 aromatic carbocycles. The van der Waals surface area contributed by atoms with Crippen molar-refractivity contribution >= 4 is 11.6 Å². The molecule has 2 aromatic heterocycles. The Balaban J connectivity index is 2.50. The average molecular weight is 210 g/mol. The van der Waals surface area contributed by atoms with Gasteiger partial charge in [0.25, 0.3) is 0 Å². The van der Waals surface area contributed by atoms with E-state index in [4.69, 9.17) is 17.3 Å². The lowest BCUT2D eigenvalue weighted by Gasteiger charge is -2.03. The fourth-order valence-electron chi connectivity index (χ4n) is 1.11. The monoisotopic (exact) mass is 209 g/mol. The van der Waals surface area contributed by atoms with E-state index in [-0.39, 0.29) is 0 Å². The number of halogens is 1. The van der Waals surface area contributed by atoms with Crippen molar-refractivity contribution in [1.82, 2.24) is 19.7 Å². The molecule has 2 heterocycles. The van der Waals surface area contributed by atoms with E-state index < -0.39 is 0 Å². The highest BCUT2D eigenvalue weighted by Gasteiger charge is 2.06. The Hall–Kier alpha value is -1.46. The van der Waals surface area contributed by atoms with Crippen LogP contribution in [0.5, 0.6) is 0 Å². The standard InChI is InChI=1S/C8H8ClN5/c9-6-4-13-14(5-6)8-7(3-10)11-1-2-12-8/h1-2,4-5H,3,10H2. The molecule has 0 saturated heterocycles. The Bertz CT molecular complexity index is 439. The second-order valence-electron chi connectivity index (χ2n) is 2.63. The first-order chi connectivity index (χ1) is 6.81. The minimum absolute atomic E-state index is 0.320. The summed E-state index contributed by atoms with van der Waals surface area (Å²) in [7, 11) is 0. The zero-order valence-corrected chi connectivity index (χ0v) is 8.02. The number of nitrogens with zero attached hydrogens (tertiary/aromatic N) is 4. The van der Waals surface area contributed by atoms with Crippen molar-refractivity contribution in [2.75, 3.05) is 0 Å². The minimum atomic E-state index is 0.320. The van der Waals surface area contributed by atoms with E-state index >= 15 is 0 Å². The van der Waals surface area contributed by atoms with E-state index in [1.54, 1.807) is 23.3 Å². The van der Waals surface area contributed by atoms with E-state index in [2.05, 4.69) is 15.1 Å². The summed E-state index contributed by atoms with van der Waals surface area (Å²) >= 11 is 5.74. The average Bonchev–Trinajstić information content (AvgIpc) is 2.65. The molecule has 6 heteroatoms. The van der Waals surface area contributed by atoms with Gasteiger partial charge in [-0.05, 0) is 0 Å². The van der Waals surface area contributed by atoms with Crippen LogP contribution in [0.2, 0.25) is 5.02 Å². The second kappa shape index (κ2) is 3.73. The number of hydrogen-bond acceptors (Lipinski definition) is 4. The zero-order valence-electron chi connectivity index (χ0n) is 7.26. The van der Waals surface area contributed by atoms with Gasteiger partial charge in [-0.15, -0.1) is 0 Å². The summed E-state index contributed by atoms with van der Waals surface area (Å²) in [5.74, 6) is 0.613. The number of rotatable bonds is 2. The normalized spacial score (nSPS) is 10.4. The lowest BCUT2D eigenvalue weighted by atomic mass is 10.4. The lowest BCUT2D eigenvalue weighted by Crippen LogP contribution is -2.08. The van der Waals surface area contributed by atoms with Gasteiger partial charge < -0.3 is 5.73 Å². The molecule has 2 N–H and O–H groups in total. The van der Waals surface area contributed by atoms with Crippen LogP contribution in [0.25, 0.3) is 5.82 Å². The Labute approximate surface area is 85.5 Å². The Kier molecular flexibility index (Phi) is 2.43. The highest BCUT2D eigenvalue weighted by Crippen LogP contribution is 2.11. The fourth-order valence-corrected chi connectivity index (χ4v) is 1.25. The molecule has 0 radical (unpaired) electrons. The van der Waals surface area contributed by atoms with Gasteiger partial charge in [-0.1, -0.05) is 11.6 Å². The summed E-state index contributed by atoms with van der Waals surface area (Å²) in [5.41, 5.74) is 6.21. The summed E-state index contributed by atoms with van der Waals surface area (Å²) in [6.45, 7) is 0.320. The molecule has 0 unspecified atom stereocenters. The van der Waals surface area contributed by atoms with Crippen molar-refractivity contribution in [2.24, 2.45) is 5.73 Å². The molecule has 0 aliphatic heterocycles. The first-order valence-corrected chi connectivity index (χ1v) is 4.39. The van der Waals surface area contributed by atoms with Crippen LogP contribution in [0.1, 0.15) is 5.69 Å². The number of hydrogen-bond donors (Lipinski definition) is 1. The lowest BCUT2D eigenvalue weighted by molar-refractivity contribution is 0.803. The third kappa shape index (κ3) is 1.59. The fraction of sp³-hybridized carbons (Fsp3) is 0.125. The van der Waals surface area contributed by atoms with Crippen molar-refractivity contribution in [3.63, 3.8) is 0 Å². The van der Waals surface area contributed by atoms with Gasteiger partial charge in [0.15, 0.2) is 5.82 Å². The van der Waals surface area contributed by atoms with E-state index in [0.717, 1.165) is 0 Å². The molecule has 0 aliphatic carbocycles. The van der Waals surface area contributed by atoms with E-state index in [1.807, 2.05) is 0 Å². The first-order valence-electron chi connectivity index (χ1n) is 4.02. The van der Waals surface area contributed by atoms with Gasteiger partial charge in [0.1, 0.15) is 0 Å². The van der Waals surface area contributed by atoms with Gasteiger partial charge in [0.05, 0.1) is 23.1 Å². The molecule has 72 valence electrons. The molecule has 0 amide bonds. The Morgan fingerprint density at radius 2 is 2.14 bits per heavy atom. The van der Waals surface area contributed by atoms with Crippen molar-refractivity contribution in [2.45, 2.75) is 6.54 Å². The van der Waals surface area contributed by atoms with Crippen LogP contribution in [0, 0.1) is 0 Å². The molecule has 2 aromatic rings. The molecule has 0 bridgehead atoms. The van der Waals surface area contributed by atoms with Crippen LogP contribution < -0.4 is 5.73 Å². The molecule has 0 spiro atoms. The number of nitrogens with two attached hydrogens (primary N) is 1. The maximum Gasteiger partial charge on any atom is 0.176 e. The summed E-state index contributed by atoms with van der Waals surface area (Å²) in [4.78, 5) is 8.22. The molecular weight excluding hydrogens is 202 g/mol. The number of aromatic nitrogens is 4. The van der Waals surface area contributed by atoms with Gasteiger partial charge in [-0.3, -0.25) is 4.98 Å². The molecule has 0 fully saturated rings. The highest BCUT2D eigenvalue weighted by molar-refractivity contribution is 6.30. The van der Waals surface area contributed by atoms with E-state index in [1.165, 1.54) is 6.20 Å². The predicted molar refractivity (Wildman–Crippen MR) is 52.1 cm³/mol. The van der Waals surface area contributed by atoms with E-state index in [0.29, 0.717) is 23.1 Å². The van der Waals surface area contributed by atoms with Crippen molar-refractivity contribution in [3.8, 4) is 5.82 Å². The second-order valence-corrected chi connectivity index (χ2v) is 3.07. The third-order valence-electron chi connectivity index (χ3n) is 1.71. The van der Waals surface area contributed by atoms with Crippen molar-refractivity contribution < 1.29 is 0 Å². The molecular formula is C8H8ClN5. The molecule has 14 heavy (non-hydrogen) atoms. The summed E-state index contributed by atoms with van der Waals surface area (Å²) in [6.07, 6.45) is 6.38. The highest BCUT2D eigenvalue weighted by atomic mass is 35.5. The van der Waals surface area contributed by atoms with Crippen LogP contribution in [-0.2, 0) is 6.54 Å². The van der Waals surface area contributed by atoms with Gasteiger partial charge in [0.2, 0.25) is 0 Å². The maximum absolute atomic E-state index is 5.74. The van der Waals surface area contributed by atoms with Gasteiger partial charge >= 0.3 is 0 Å². The van der Waals surface area contributed by atoms with Crippen LogP contribution in [-0.4, -0.2) is 19.7 Å². The quantitative estimate of drug-likeness (QED) is 0.794. The summed E-state index contributed by atoms with van der Waals surface area (Å²) in [6, 6.07) is 0. The van der Waals surface area contributed by atoms with Crippen LogP contribution in [0.4, 0.5) is 0 Å². The van der Waals surface area contributed by atoms with Gasteiger partial charge in [-0.25, -0.2) is 9.67 Å². The SMILES string of the molecule is NCc1nccnc1-n1cc(Cl)cn1.